The molecular formula is C20H34I4N2O2+2. The van der Waals surface area contributed by atoms with Crippen LogP contribution in [-0.2, 0) is 22.6 Å². The molecule has 28 heavy (non-hydrogen) atoms. The standard InChI is InChI=1S/C20H30N2O2.4HI/c1-17-5-7-21(15-19(17)3)9-11-23-13-14-24-12-10-22-8-6-18(2)20(4)16-22;;;;/h5-8,15-16H,9-14H2,1-4H3;4*1H/q+2;;;;. The van der Waals surface area contributed by atoms with Crippen LogP contribution in [0.3, 0.4) is 0 Å². The summed E-state index contributed by atoms with van der Waals surface area (Å²) in [6.07, 6.45) is 8.53. The van der Waals surface area contributed by atoms with E-state index in [1.54, 1.807) is 0 Å². The van der Waals surface area contributed by atoms with E-state index in [9.17, 15) is 0 Å². The number of pyridine rings is 2. The Balaban J connectivity index is -0.00000156. The Kier molecular flexibility index (Phi) is 22.8. The van der Waals surface area contributed by atoms with Gasteiger partial charge in [-0.25, -0.2) is 9.13 Å². The fraction of sp³-hybridized carbons (Fsp3) is 0.500. The quantitative estimate of drug-likeness (QED) is 0.208. The second-order valence-electron chi connectivity index (χ2n) is 6.32. The summed E-state index contributed by atoms with van der Waals surface area (Å²) in [7, 11) is 0. The Labute approximate surface area is 238 Å². The third-order valence-electron chi connectivity index (χ3n) is 4.35. The molecule has 2 aromatic heterocycles. The molecule has 0 atom stereocenters. The van der Waals surface area contributed by atoms with Gasteiger partial charge in [-0.15, -0.1) is 95.9 Å². The average Bonchev–Trinajstić information content (AvgIpc) is 2.56. The van der Waals surface area contributed by atoms with Crippen LogP contribution in [0.4, 0.5) is 0 Å². The van der Waals surface area contributed by atoms with E-state index < -0.39 is 0 Å². The Hall–Kier alpha value is 1.14. The van der Waals surface area contributed by atoms with Crippen molar-refractivity contribution < 1.29 is 18.6 Å². The molecule has 0 aliphatic carbocycles. The van der Waals surface area contributed by atoms with E-state index in [1.807, 2.05) is 0 Å². The van der Waals surface area contributed by atoms with E-state index in [2.05, 4.69) is 73.7 Å². The van der Waals surface area contributed by atoms with E-state index in [0.29, 0.717) is 26.4 Å². The summed E-state index contributed by atoms with van der Waals surface area (Å²) in [5.41, 5.74) is 5.26. The molecule has 0 aliphatic heterocycles. The maximum atomic E-state index is 5.64. The second-order valence-corrected chi connectivity index (χ2v) is 6.32. The van der Waals surface area contributed by atoms with Gasteiger partial charge in [0.15, 0.2) is 37.9 Å². The number of halogens is 4. The van der Waals surface area contributed by atoms with Crippen LogP contribution < -0.4 is 9.13 Å². The van der Waals surface area contributed by atoms with Crippen LogP contribution in [0, 0.1) is 27.7 Å². The van der Waals surface area contributed by atoms with Crippen molar-refractivity contribution in [2.75, 3.05) is 26.4 Å². The summed E-state index contributed by atoms with van der Waals surface area (Å²) >= 11 is 0. The Morgan fingerprint density at radius 3 is 1.25 bits per heavy atom. The molecule has 0 bridgehead atoms. The van der Waals surface area contributed by atoms with E-state index in [-0.39, 0.29) is 95.9 Å². The molecular weight excluding hydrogens is 808 g/mol. The van der Waals surface area contributed by atoms with Gasteiger partial charge in [-0.2, -0.15) is 0 Å². The first-order chi connectivity index (χ1) is 11.6. The molecule has 0 fully saturated rings. The fourth-order valence-electron chi connectivity index (χ4n) is 2.41. The number of hydrogen-bond donors (Lipinski definition) is 0. The number of hydrogen-bond acceptors (Lipinski definition) is 2. The maximum Gasteiger partial charge on any atom is 0.172 e. The van der Waals surface area contributed by atoms with Gasteiger partial charge in [0.05, 0.1) is 13.2 Å². The van der Waals surface area contributed by atoms with Crippen molar-refractivity contribution in [3.05, 3.63) is 59.2 Å². The SMILES string of the molecule is Cc1cc[n+](CCOCCOCC[n+]2ccc(C)c(C)c2)cc1C.I.I.I.I. The van der Waals surface area contributed by atoms with Crippen molar-refractivity contribution in [3.63, 3.8) is 0 Å². The van der Waals surface area contributed by atoms with Gasteiger partial charge in [-0.05, 0) is 38.8 Å². The monoisotopic (exact) mass is 842 g/mol. The first-order valence-electron chi connectivity index (χ1n) is 8.64. The molecule has 0 amide bonds. The van der Waals surface area contributed by atoms with Crippen LogP contribution in [0.1, 0.15) is 22.3 Å². The topological polar surface area (TPSA) is 26.2 Å². The van der Waals surface area contributed by atoms with Gasteiger partial charge in [-0.3, -0.25) is 0 Å². The summed E-state index contributed by atoms with van der Waals surface area (Å²) in [6.45, 7) is 13.0. The molecule has 0 aliphatic rings. The summed E-state index contributed by atoms with van der Waals surface area (Å²) < 4.78 is 15.6. The molecule has 0 saturated heterocycles. The zero-order valence-electron chi connectivity index (χ0n) is 17.1. The highest BCUT2D eigenvalue weighted by Crippen LogP contribution is 2.01. The molecule has 162 valence electrons. The summed E-state index contributed by atoms with van der Waals surface area (Å²) in [4.78, 5) is 0. The van der Waals surface area contributed by atoms with Crippen molar-refractivity contribution in [2.45, 2.75) is 40.8 Å². The van der Waals surface area contributed by atoms with Gasteiger partial charge in [0, 0.05) is 23.3 Å². The fourth-order valence-corrected chi connectivity index (χ4v) is 2.41. The normalized spacial score (nSPS) is 9.43. The first kappa shape index (κ1) is 33.8. The lowest BCUT2D eigenvalue weighted by Gasteiger charge is -2.05. The van der Waals surface area contributed by atoms with E-state index in [4.69, 9.17) is 9.47 Å². The van der Waals surface area contributed by atoms with Crippen molar-refractivity contribution in [3.8, 4) is 0 Å². The Morgan fingerprint density at radius 1 is 0.571 bits per heavy atom. The lowest BCUT2D eigenvalue weighted by atomic mass is 10.2. The highest BCUT2D eigenvalue weighted by Gasteiger charge is 2.04. The van der Waals surface area contributed by atoms with Gasteiger partial charge >= 0.3 is 0 Å². The molecule has 2 aromatic rings. The highest BCUT2D eigenvalue weighted by molar-refractivity contribution is 14.0. The van der Waals surface area contributed by atoms with Gasteiger partial charge in [0.1, 0.15) is 13.2 Å². The number of aryl methyl sites for hydroxylation is 4. The minimum Gasteiger partial charge on any atom is -0.372 e. The van der Waals surface area contributed by atoms with Crippen LogP contribution in [0.15, 0.2) is 36.9 Å². The van der Waals surface area contributed by atoms with Gasteiger partial charge < -0.3 is 9.47 Å². The van der Waals surface area contributed by atoms with Crippen LogP contribution in [0.5, 0.6) is 0 Å². The highest BCUT2D eigenvalue weighted by atomic mass is 127. The molecule has 2 rings (SSSR count). The van der Waals surface area contributed by atoms with Crippen molar-refractivity contribution >= 4 is 95.9 Å². The third kappa shape index (κ3) is 12.7. The van der Waals surface area contributed by atoms with E-state index >= 15 is 0 Å². The predicted molar refractivity (Wildman–Crippen MR) is 156 cm³/mol. The second kappa shape index (κ2) is 18.9. The third-order valence-corrected chi connectivity index (χ3v) is 4.35. The summed E-state index contributed by atoms with van der Waals surface area (Å²) in [5, 5.41) is 0. The minimum absolute atomic E-state index is 0. The van der Waals surface area contributed by atoms with Crippen molar-refractivity contribution in [1.29, 1.82) is 0 Å². The van der Waals surface area contributed by atoms with Crippen LogP contribution >= 0.6 is 95.9 Å². The summed E-state index contributed by atoms with van der Waals surface area (Å²) in [5.74, 6) is 0. The van der Waals surface area contributed by atoms with Crippen LogP contribution in [-0.4, -0.2) is 26.4 Å². The molecule has 4 nitrogen and oxygen atoms in total. The zero-order chi connectivity index (χ0) is 17.4. The van der Waals surface area contributed by atoms with E-state index in [1.165, 1.54) is 22.3 Å². The van der Waals surface area contributed by atoms with Crippen LogP contribution in [0.2, 0.25) is 0 Å². The van der Waals surface area contributed by atoms with E-state index in [0.717, 1.165) is 13.1 Å². The first-order valence-corrected chi connectivity index (χ1v) is 8.64. The maximum absolute atomic E-state index is 5.64. The molecule has 0 saturated carbocycles. The predicted octanol–water partition coefficient (Wildman–Crippen LogP) is 4.70. The number of aromatic nitrogens is 2. The average molecular weight is 842 g/mol. The molecule has 0 spiro atoms. The number of rotatable bonds is 9. The van der Waals surface area contributed by atoms with Gasteiger partial charge in [0.2, 0.25) is 0 Å². The minimum atomic E-state index is 0. The summed E-state index contributed by atoms with van der Waals surface area (Å²) in [6, 6.07) is 4.28. The number of nitrogens with zero attached hydrogens (tertiary/aromatic N) is 2. The molecule has 0 radical (unpaired) electrons. The smallest absolute Gasteiger partial charge is 0.172 e. The Bertz CT molecular complexity index is 615. The molecule has 0 N–H and O–H groups in total. The molecule has 8 heteroatoms. The van der Waals surface area contributed by atoms with Crippen molar-refractivity contribution in [2.24, 2.45) is 0 Å². The molecule has 2 heterocycles. The zero-order valence-corrected chi connectivity index (χ0v) is 26.4. The Morgan fingerprint density at radius 2 is 0.929 bits per heavy atom. The van der Waals surface area contributed by atoms with Crippen molar-refractivity contribution in [1.82, 2.24) is 0 Å². The lowest BCUT2D eigenvalue weighted by Crippen LogP contribution is -2.36. The molecule has 0 aromatic carbocycles. The lowest BCUT2D eigenvalue weighted by molar-refractivity contribution is -0.699. The van der Waals surface area contributed by atoms with Crippen LogP contribution in [0.25, 0.3) is 0 Å². The number of ether oxygens (including phenoxy) is 2. The largest absolute Gasteiger partial charge is 0.372 e. The molecule has 0 unspecified atom stereocenters. The van der Waals surface area contributed by atoms with Gasteiger partial charge in [0.25, 0.3) is 0 Å². The van der Waals surface area contributed by atoms with Gasteiger partial charge in [-0.1, -0.05) is 0 Å².